The number of furan rings is 1. The van der Waals surface area contributed by atoms with Crippen molar-refractivity contribution in [2.75, 3.05) is 0 Å². The van der Waals surface area contributed by atoms with Crippen LogP contribution in [0.2, 0.25) is 0 Å². The third kappa shape index (κ3) is 2.61. The van der Waals surface area contributed by atoms with Crippen LogP contribution in [-0.2, 0) is 0 Å². The molecule has 0 radical (unpaired) electrons. The standard InChI is InChI=1S/C14H16BrNO/c1-2-11(10-6-4-3-5-7-10)13(16)14-12(15)8-9-17-14/h3-9,11,13H,2,16H2,1H3. The first-order valence-corrected chi connectivity index (χ1v) is 6.56. The van der Waals surface area contributed by atoms with Crippen LogP contribution in [-0.4, -0.2) is 0 Å². The molecule has 0 fully saturated rings. The number of benzene rings is 1. The van der Waals surface area contributed by atoms with Crippen LogP contribution < -0.4 is 5.73 Å². The summed E-state index contributed by atoms with van der Waals surface area (Å²) in [4.78, 5) is 0. The van der Waals surface area contributed by atoms with Gasteiger partial charge in [-0.25, -0.2) is 0 Å². The fourth-order valence-electron chi connectivity index (χ4n) is 2.12. The van der Waals surface area contributed by atoms with E-state index in [1.54, 1.807) is 6.26 Å². The molecule has 0 amide bonds. The Hall–Kier alpha value is -1.06. The van der Waals surface area contributed by atoms with E-state index in [1.165, 1.54) is 5.56 Å². The molecule has 17 heavy (non-hydrogen) atoms. The second kappa shape index (κ2) is 5.52. The second-order valence-electron chi connectivity index (χ2n) is 4.08. The fourth-order valence-corrected chi connectivity index (χ4v) is 2.59. The predicted octanol–water partition coefficient (Wildman–Crippen LogP) is 4.24. The first-order chi connectivity index (χ1) is 8.24. The van der Waals surface area contributed by atoms with E-state index >= 15 is 0 Å². The molecule has 0 saturated carbocycles. The highest BCUT2D eigenvalue weighted by Crippen LogP contribution is 2.35. The zero-order valence-corrected chi connectivity index (χ0v) is 11.4. The van der Waals surface area contributed by atoms with E-state index in [4.69, 9.17) is 10.2 Å². The van der Waals surface area contributed by atoms with Crippen molar-refractivity contribution in [1.29, 1.82) is 0 Å². The van der Waals surface area contributed by atoms with Crippen LogP contribution in [0, 0.1) is 0 Å². The van der Waals surface area contributed by atoms with E-state index in [1.807, 2.05) is 24.3 Å². The average Bonchev–Trinajstić information content (AvgIpc) is 2.77. The summed E-state index contributed by atoms with van der Waals surface area (Å²) in [5, 5.41) is 0. The van der Waals surface area contributed by atoms with Crippen molar-refractivity contribution in [1.82, 2.24) is 0 Å². The van der Waals surface area contributed by atoms with Crippen LogP contribution in [0.15, 0.2) is 51.6 Å². The van der Waals surface area contributed by atoms with E-state index in [0.717, 1.165) is 16.7 Å². The Kier molecular flexibility index (Phi) is 4.02. The zero-order chi connectivity index (χ0) is 12.3. The minimum atomic E-state index is -0.119. The van der Waals surface area contributed by atoms with Crippen molar-refractivity contribution < 1.29 is 4.42 Å². The van der Waals surface area contributed by atoms with Gasteiger partial charge in [-0.1, -0.05) is 37.3 Å². The predicted molar refractivity (Wildman–Crippen MR) is 72.8 cm³/mol. The van der Waals surface area contributed by atoms with Gasteiger partial charge in [-0.05, 0) is 34.0 Å². The van der Waals surface area contributed by atoms with Crippen LogP contribution in [0.3, 0.4) is 0 Å². The summed E-state index contributed by atoms with van der Waals surface area (Å²) >= 11 is 3.46. The van der Waals surface area contributed by atoms with Crippen molar-refractivity contribution in [3.05, 3.63) is 58.5 Å². The lowest BCUT2D eigenvalue weighted by Gasteiger charge is -2.21. The molecular weight excluding hydrogens is 278 g/mol. The van der Waals surface area contributed by atoms with Gasteiger partial charge in [0.1, 0.15) is 5.76 Å². The highest BCUT2D eigenvalue weighted by atomic mass is 79.9. The molecule has 2 rings (SSSR count). The minimum Gasteiger partial charge on any atom is -0.466 e. The van der Waals surface area contributed by atoms with Gasteiger partial charge < -0.3 is 10.2 Å². The van der Waals surface area contributed by atoms with Gasteiger partial charge in [-0.3, -0.25) is 0 Å². The maximum atomic E-state index is 6.30. The number of hydrogen-bond acceptors (Lipinski definition) is 2. The molecule has 2 nitrogen and oxygen atoms in total. The van der Waals surface area contributed by atoms with Gasteiger partial charge in [-0.2, -0.15) is 0 Å². The Balaban J connectivity index is 2.28. The molecule has 0 spiro atoms. The summed E-state index contributed by atoms with van der Waals surface area (Å²) in [5.74, 6) is 1.10. The van der Waals surface area contributed by atoms with Crippen molar-refractivity contribution >= 4 is 15.9 Å². The molecule has 0 aliphatic heterocycles. The topological polar surface area (TPSA) is 39.2 Å². The summed E-state index contributed by atoms with van der Waals surface area (Å²) in [6.45, 7) is 2.15. The molecule has 2 aromatic rings. The molecule has 1 aromatic carbocycles. The number of hydrogen-bond donors (Lipinski definition) is 1. The molecule has 3 heteroatoms. The van der Waals surface area contributed by atoms with Gasteiger partial charge in [0, 0.05) is 5.92 Å². The van der Waals surface area contributed by atoms with Crippen LogP contribution in [0.4, 0.5) is 0 Å². The van der Waals surface area contributed by atoms with E-state index in [-0.39, 0.29) is 12.0 Å². The average molecular weight is 294 g/mol. The summed E-state index contributed by atoms with van der Waals surface area (Å²) in [5.41, 5.74) is 7.56. The second-order valence-corrected chi connectivity index (χ2v) is 4.94. The van der Waals surface area contributed by atoms with E-state index < -0.39 is 0 Å². The van der Waals surface area contributed by atoms with Gasteiger partial charge >= 0.3 is 0 Å². The molecule has 0 aliphatic rings. The van der Waals surface area contributed by atoms with Crippen LogP contribution in [0.25, 0.3) is 0 Å². The van der Waals surface area contributed by atoms with E-state index in [2.05, 4.69) is 35.0 Å². The third-order valence-electron chi connectivity index (χ3n) is 3.05. The molecule has 2 unspecified atom stereocenters. The number of halogens is 1. The normalized spacial score (nSPS) is 14.5. The summed E-state index contributed by atoms with van der Waals surface area (Å²) < 4.78 is 6.40. The Bertz CT molecular complexity index is 466. The molecule has 0 bridgehead atoms. The van der Waals surface area contributed by atoms with Gasteiger partial charge in [0.05, 0.1) is 16.8 Å². The van der Waals surface area contributed by atoms with Gasteiger partial charge in [0.25, 0.3) is 0 Å². The van der Waals surface area contributed by atoms with E-state index in [0.29, 0.717) is 0 Å². The molecule has 1 aromatic heterocycles. The first kappa shape index (κ1) is 12.4. The van der Waals surface area contributed by atoms with Crippen molar-refractivity contribution in [2.45, 2.75) is 25.3 Å². The smallest absolute Gasteiger partial charge is 0.135 e. The SMILES string of the molecule is CCC(c1ccccc1)C(N)c1occc1Br. The highest BCUT2D eigenvalue weighted by molar-refractivity contribution is 9.10. The lowest BCUT2D eigenvalue weighted by atomic mass is 9.88. The van der Waals surface area contributed by atoms with Crippen LogP contribution in [0.1, 0.15) is 36.6 Å². The molecule has 1 heterocycles. The quantitative estimate of drug-likeness (QED) is 0.916. The summed E-state index contributed by atoms with van der Waals surface area (Å²) in [6, 6.07) is 12.1. The third-order valence-corrected chi connectivity index (χ3v) is 3.70. The largest absolute Gasteiger partial charge is 0.466 e. The molecule has 90 valence electrons. The highest BCUT2D eigenvalue weighted by Gasteiger charge is 2.23. The Morgan fingerprint density at radius 2 is 1.94 bits per heavy atom. The van der Waals surface area contributed by atoms with Gasteiger partial charge in [-0.15, -0.1) is 0 Å². The lowest BCUT2D eigenvalue weighted by Crippen LogP contribution is -2.19. The fraction of sp³-hybridized carbons (Fsp3) is 0.286. The first-order valence-electron chi connectivity index (χ1n) is 5.77. The number of nitrogens with two attached hydrogens (primary N) is 1. The Labute approximate surface area is 110 Å². The lowest BCUT2D eigenvalue weighted by molar-refractivity contribution is 0.416. The van der Waals surface area contributed by atoms with Crippen molar-refractivity contribution in [3.63, 3.8) is 0 Å². The minimum absolute atomic E-state index is 0.119. The summed E-state index contributed by atoms with van der Waals surface area (Å²) in [6.07, 6.45) is 2.65. The van der Waals surface area contributed by atoms with Gasteiger partial charge in [0.15, 0.2) is 0 Å². The summed E-state index contributed by atoms with van der Waals surface area (Å²) in [7, 11) is 0. The molecule has 2 N–H and O–H groups in total. The van der Waals surface area contributed by atoms with Crippen LogP contribution in [0.5, 0.6) is 0 Å². The Morgan fingerprint density at radius 3 is 2.47 bits per heavy atom. The maximum absolute atomic E-state index is 6.30. The maximum Gasteiger partial charge on any atom is 0.135 e. The van der Waals surface area contributed by atoms with Gasteiger partial charge in [0.2, 0.25) is 0 Å². The monoisotopic (exact) mass is 293 g/mol. The Morgan fingerprint density at radius 1 is 1.24 bits per heavy atom. The van der Waals surface area contributed by atoms with Crippen molar-refractivity contribution in [2.24, 2.45) is 5.73 Å². The molecule has 0 aliphatic carbocycles. The molecule has 0 saturated heterocycles. The molecule has 2 atom stereocenters. The van der Waals surface area contributed by atoms with Crippen molar-refractivity contribution in [3.8, 4) is 0 Å². The number of rotatable bonds is 4. The molecular formula is C14H16BrNO. The van der Waals surface area contributed by atoms with Crippen LogP contribution >= 0.6 is 15.9 Å². The van der Waals surface area contributed by atoms with E-state index in [9.17, 15) is 0 Å². The zero-order valence-electron chi connectivity index (χ0n) is 9.77.